The molecule has 1 aromatic heterocycles. The minimum atomic E-state index is 0.243. The van der Waals surface area contributed by atoms with Crippen LogP contribution in [-0.4, -0.2) is 16.9 Å². The van der Waals surface area contributed by atoms with E-state index in [4.69, 9.17) is 33.3 Å². The van der Waals surface area contributed by atoms with Crippen LogP contribution in [0.15, 0.2) is 36.5 Å². The number of hydrogen-bond acceptors (Lipinski definition) is 4. The van der Waals surface area contributed by atoms with Crippen LogP contribution < -0.4 is 20.1 Å². The van der Waals surface area contributed by atoms with Crippen molar-refractivity contribution in [3.63, 3.8) is 0 Å². The molecule has 0 saturated heterocycles. The molecule has 0 amide bonds. The highest BCUT2D eigenvalue weighted by molar-refractivity contribution is 7.80. The van der Waals surface area contributed by atoms with E-state index in [2.05, 4.69) is 15.6 Å². The summed E-state index contributed by atoms with van der Waals surface area (Å²) < 4.78 is 10.5. The molecule has 0 unspecified atom stereocenters. The first-order valence-corrected chi connectivity index (χ1v) is 6.59. The summed E-state index contributed by atoms with van der Waals surface area (Å²) in [6.07, 6.45) is 1.61. The molecule has 2 aromatic rings. The number of halogens is 1. The number of fused-ring (bicyclic) bond motifs is 1. The average molecular weight is 308 g/mol. The summed E-state index contributed by atoms with van der Waals surface area (Å²) in [6.45, 7) is 0.243. The summed E-state index contributed by atoms with van der Waals surface area (Å²) in [5.74, 6) is 1.42. The highest BCUT2D eigenvalue weighted by atomic mass is 35.5. The Bertz CT molecular complexity index is 666. The van der Waals surface area contributed by atoms with Gasteiger partial charge in [0, 0.05) is 18.0 Å². The van der Waals surface area contributed by atoms with Crippen molar-refractivity contribution in [1.29, 1.82) is 0 Å². The van der Waals surface area contributed by atoms with E-state index >= 15 is 0 Å². The average Bonchev–Trinajstić information content (AvgIpc) is 2.89. The fraction of sp³-hybridized carbons (Fsp3) is 0.0769. The normalized spacial score (nSPS) is 12.1. The minimum absolute atomic E-state index is 0.243. The van der Waals surface area contributed by atoms with Crippen molar-refractivity contribution in [2.24, 2.45) is 0 Å². The highest BCUT2D eigenvalue weighted by Gasteiger charge is 2.13. The molecule has 0 aliphatic carbocycles. The molecule has 0 bridgehead atoms. The van der Waals surface area contributed by atoms with Gasteiger partial charge in [-0.15, -0.1) is 0 Å². The number of rotatable bonds is 2. The summed E-state index contributed by atoms with van der Waals surface area (Å²) in [4.78, 5) is 3.97. The van der Waals surface area contributed by atoms with E-state index in [1.807, 2.05) is 18.2 Å². The number of pyridine rings is 1. The first kappa shape index (κ1) is 13.0. The number of anilines is 2. The molecule has 0 atom stereocenters. The van der Waals surface area contributed by atoms with Gasteiger partial charge in [-0.05, 0) is 36.5 Å². The van der Waals surface area contributed by atoms with E-state index < -0.39 is 0 Å². The molecule has 3 rings (SSSR count). The third-order valence-electron chi connectivity index (χ3n) is 2.64. The number of hydrogen-bond donors (Lipinski definition) is 2. The maximum atomic E-state index is 5.95. The van der Waals surface area contributed by atoms with E-state index in [0.29, 0.717) is 21.7 Å². The minimum Gasteiger partial charge on any atom is -0.454 e. The second-order valence-electron chi connectivity index (χ2n) is 3.99. The molecule has 0 fully saturated rings. The number of nitrogens with one attached hydrogen (secondary N) is 2. The third-order valence-corrected chi connectivity index (χ3v) is 3.14. The van der Waals surface area contributed by atoms with E-state index in [1.54, 1.807) is 18.3 Å². The van der Waals surface area contributed by atoms with Crippen LogP contribution in [0.2, 0.25) is 5.15 Å². The van der Waals surface area contributed by atoms with Crippen molar-refractivity contribution in [3.8, 4) is 11.5 Å². The number of thiocarbonyl (C=S) groups is 1. The van der Waals surface area contributed by atoms with Crippen LogP contribution in [0.1, 0.15) is 0 Å². The van der Waals surface area contributed by atoms with Crippen LogP contribution in [0.25, 0.3) is 0 Å². The van der Waals surface area contributed by atoms with Gasteiger partial charge in [-0.1, -0.05) is 11.6 Å². The highest BCUT2D eigenvalue weighted by Crippen LogP contribution is 2.34. The second kappa shape index (κ2) is 5.52. The maximum Gasteiger partial charge on any atom is 0.231 e. The predicted octanol–water partition coefficient (Wildman–Crippen LogP) is 3.27. The molecule has 0 saturated carbocycles. The quantitative estimate of drug-likeness (QED) is 0.656. The van der Waals surface area contributed by atoms with Crippen LogP contribution in [0.3, 0.4) is 0 Å². The Kier molecular flexibility index (Phi) is 3.58. The van der Waals surface area contributed by atoms with Crippen LogP contribution in [0, 0.1) is 0 Å². The molecule has 1 aromatic carbocycles. The molecule has 0 spiro atoms. The van der Waals surface area contributed by atoms with E-state index in [0.717, 1.165) is 11.4 Å². The van der Waals surface area contributed by atoms with Gasteiger partial charge >= 0.3 is 0 Å². The Balaban J connectivity index is 1.69. The number of nitrogens with zero attached hydrogens (tertiary/aromatic N) is 1. The summed E-state index contributed by atoms with van der Waals surface area (Å²) >= 11 is 11.2. The van der Waals surface area contributed by atoms with Crippen LogP contribution >= 0.6 is 23.8 Å². The lowest BCUT2D eigenvalue weighted by atomic mass is 10.3. The van der Waals surface area contributed by atoms with Gasteiger partial charge in [-0.3, -0.25) is 0 Å². The Morgan fingerprint density at radius 3 is 2.90 bits per heavy atom. The Morgan fingerprint density at radius 1 is 1.20 bits per heavy atom. The van der Waals surface area contributed by atoms with E-state index in [-0.39, 0.29) is 6.79 Å². The molecule has 2 heterocycles. The Hall–Kier alpha value is -2.05. The smallest absolute Gasteiger partial charge is 0.231 e. The van der Waals surface area contributed by atoms with Crippen LogP contribution in [-0.2, 0) is 0 Å². The Labute approximate surface area is 125 Å². The van der Waals surface area contributed by atoms with E-state index in [1.165, 1.54) is 0 Å². The van der Waals surface area contributed by atoms with Crippen molar-refractivity contribution >= 4 is 40.3 Å². The van der Waals surface area contributed by atoms with Crippen LogP contribution in [0.5, 0.6) is 11.5 Å². The van der Waals surface area contributed by atoms with Crippen molar-refractivity contribution in [3.05, 3.63) is 41.7 Å². The van der Waals surface area contributed by atoms with Gasteiger partial charge in [0.05, 0.1) is 5.69 Å². The van der Waals surface area contributed by atoms with Gasteiger partial charge in [0.25, 0.3) is 0 Å². The molecular formula is C13H10ClN3O2S. The van der Waals surface area contributed by atoms with Crippen LogP contribution in [0.4, 0.5) is 11.4 Å². The van der Waals surface area contributed by atoms with Gasteiger partial charge in [-0.2, -0.15) is 0 Å². The van der Waals surface area contributed by atoms with Crippen molar-refractivity contribution < 1.29 is 9.47 Å². The first-order valence-electron chi connectivity index (χ1n) is 5.80. The molecule has 102 valence electrons. The number of benzene rings is 1. The summed E-state index contributed by atoms with van der Waals surface area (Å²) in [5.41, 5.74) is 1.44. The monoisotopic (exact) mass is 307 g/mol. The van der Waals surface area contributed by atoms with Crippen molar-refractivity contribution in [2.45, 2.75) is 0 Å². The van der Waals surface area contributed by atoms with Crippen molar-refractivity contribution in [2.75, 3.05) is 17.4 Å². The zero-order chi connectivity index (χ0) is 13.9. The Morgan fingerprint density at radius 2 is 2.05 bits per heavy atom. The summed E-state index contributed by atoms with van der Waals surface area (Å²) in [6, 6.07) is 9.07. The lowest BCUT2D eigenvalue weighted by Gasteiger charge is -2.11. The maximum absolute atomic E-state index is 5.95. The largest absolute Gasteiger partial charge is 0.454 e. The second-order valence-corrected chi connectivity index (χ2v) is 4.76. The zero-order valence-electron chi connectivity index (χ0n) is 10.2. The molecule has 20 heavy (non-hydrogen) atoms. The first-order chi connectivity index (χ1) is 9.72. The zero-order valence-corrected chi connectivity index (χ0v) is 11.8. The van der Waals surface area contributed by atoms with Crippen molar-refractivity contribution in [1.82, 2.24) is 4.98 Å². The predicted molar refractivity (Wildman–Crippen MR) is 81.7 cm³/mol. The lowest BCUT2D eigenvalue weighted by molar-refractivity contribution is 0.174. The molecule has 1 aliphatic rings. The van der Waals surface area contributed by atoms with Gasteiger partial charge in [-0.25, -0.2) is 4.98 Å². The molecule has 2 N–H and O–H groups in total. The van der Waals surface area contributed by atoms with E-state index in [9.17, 15) is 0 Å². The fourth-order valence-corrected chi connectivity index (χ4v) is 2.13. The molecule has 1 aliphatic heterocycles. The standard InChI is InChI=1S/C13H10ClN3O2S/c14-12-9(2-1-5-15-12)17-13(20)16-8-3-4-10-11(6-8)19-7-18-10/h1-6H,7H2,(H2,16,17,20). The number of aromatic nitrogens is 1. The number of ether oxygens (including phenoxy) is 2. The SMILES string of the molecule is S=C(Nc1ccc2c(c1)OCO2)Nc1cccnc1Cl. The molecule has 5 nitrogen and oxygen atoms in total. The third kappa shape index (κ3) is 2.76. The topological polar surface area (TPSA) is 55.4 Å². The lowest BCUT2D eigenvalue weighted by Crippen LogP contribution is -2.19. The fourth-order valence-electron chi connectivity index (χ4n) is 1.74. The molecular weight excluding hydrogens is 298 g/mol. The molecule has 0 radical (unpaired) electrons. The summed E-state index contributed by atoms with van der Waals surface area (Å²) in [5, 5.41) is 6.80. The summed E-state index contributed by atoms with van der Waals surface area (Å²) in [7, 11) is 0. The van der Waals surface area contributed by atoms with Gasteiger partial charge < -0.3 is 20.1 Å². The van der Waals surface area contributed by atoms with Gasteiger partial charge in [0.2, 0.25) is 6.79 Å². The molecule has 7 heteroatoms. The van der Waals surface area contributed by atoms with Gasteiger partial charge in [0.1, 0.15) is 0 Å². The van der Waals surface area contributed by atoms with Gasteiger partial charge in [0.15, 0.2) is 21.8 Å².